The molecule has 0 aromatic carbocycles. The largest absolute Gasteiger partial charge is 0.458 e. The van der Waals surface area contributed by atoms with Crippen molar-refractivity contribution in [2.24, 2.45) is 5.92 Å². The number of carbonyl (C=O) groups is 1. The molecule has 0 bridgehead atoms. The molecular weight excluding hydrogens is 240 g/mol. The topological polar surface area (TPSA) is 51.2 Å². The first-order chi connectivity index (χ1) is 8.83. The van der Waals surface area contributed by atoms with E-state index in [9.17, 15) is 4.79 Å². The highest BCUT2D eigenvalue weighted by atomic mass is 16.6. The zero-order valence-corrected chi connectivity index (χ0v) is 12.4. The molecule has 0 saturated heterocycles. The van der Waals surface area contributed by atoms with Gasteiger partial charge in [-0.25, -0.2) is 4.79 Å². The van der Waals surface area contributed by atoms with Crippen molar-refractivity contribution in [2.45, 2.75) is 52.7 Å². The van der Waals surface area contributed by atoms with Crippen molar-refractivity contribution in [3.05, 3.63) is 24.5 Å². The minimum absolute atomic E-state index is 0.190. The molecule has 19 heavy (non-hydrogen) atoms. The van der Waals surface area contributed by atoms with Crippen LogP contribution in [0.15, 0.2) is 24.5 Å². The van der Waals surface area contributed by atoms with Crippen molar-refractivity contribution in [1.82, 2.24) is 4.98 Å². The van der Waals surface area contributed by atoms with Crippen molar-refractivity contribution in [2.75, 3.05) is 5.32 Å². The Kier molecular flexibility index (Phi) is 5.33. The van der Waals surface area contributed by atoms with E-state index in [2.05, 4.69) is 17.2 Å². The van der Waals surface area contributed by atoms with E-state index in [1.54, 1.807) is 12.4 Å². The second-order valence-corrected chi connectivity index (χ2v) is 5.78. The fraction of sp³-hybridized carbons (Fsp3) is 0.600. The lowest BCUT2D eigenvalue weighted by atomic mass is 9.98. The molecule has 1 heterocycles. The standard InChI is InChI=1S/C15H24N2O2/c1-6-11(2)13(14(18)19-15(3,4)5)17-12-8-7-9-16-10-12/h7-11,13,17H,6H2,1-5H3/t11?,13-/m1/s1. The van der Waals surface area contributed by atoms with Crippen LogP contribution in [0.3, 0.4) is 0 Å². The van der Waals surface area contributed by atoms with Gasteiger partial charge in [0.1, 0.15) is 11.6 Å². The molecule has 1 rings (SSSR count). The van der Waals surface area contributed by atoms with Gasteiger partial charge in [-0.1, -0.05) is 20.3 Å². The average molecular weight is 264 g/mol. The molecule has 106 valence electrons. The van der Waals surface area contributed by atoms with Crippen LogP contribution in [0.2, 0.25) is 0 Å². The Hall–Kier alpha value is -1.58. The molecule has 1 unspecified atom stereocenters. The summed E-state index contributed by atoms with van der Waals surface area (Å²) in [4.78, 5) is 16.3. The molecule has 4 heteroatoms. The minimum Gasteiger partial charge on any atom is -0.458 e. The first-order valence-electron chi connectivity index (χ1n) is 6.73. The second-order valence-electron chi connectivity index (χ2n) is 5.78. The van der Waals surface area contributed by atoms with Crippen LogP contribution in [0, 0.1) is 5.92 Å². The number of nitrogens with zero attached hydrogens (tertiary/aromatic N) is 1. The highest BCUT2D eigenvalue weighted by Gasteiger charge is 2.28. The summed E-state index contributed by atoms with van der Waals surface area (Å²) in [5, 5.41) is 3.22. The maximum Gasteiger partial charge on any atom is 0.329 e. The molecule has 1 N–H and O–H groups in total. The first kappa shape index (κ1) is 15.5. The maximum atomic E-state index is 12.3. The van der Waals surface area contributed by atoms with E-state index in [0.717, 1.165) is 12.1 Å². The Morgan fingerprint density at radius 1 is 1.47 bits per heavy atom. The van der Waals surface area contributed by atoms with Crippen molar-refractivity contribution in [3.63, 3.8) is 0 Å². The van der Waals surface area contributed by atoms with Crippen LogP contribution in [0.4, 0.5) is 5.69 Å². The summed E-state index contributed by atoms with van der Waals surface area (Å²) in [6.45, 7) is 9.73. The molecule has 0 aliphatic carbocycles. The van der Waals surface area contributed by atoms with Crippen LogP contribution in [0.1, 0.15) is 41.0 Å². The van der Waals surface area contributed by atoms with Gasteiger partial charge in [0.2, 0.25) is 0 Å². The zero-order chi connectivity index (χ0) is 14.5. The number of pyridine rings is 1. The number of esters is 1. The van der Waals surface area contributed by atoms with Gasteiger partial charge in [0, 0.05) is 12.4 Å². The van der Waals surface area contributed by atoms with Gasteiger partial charge in [0.05, 0.1) is 5.69 Å². The molecular formula is C15H24N2O2. The number of carbonyl (C=O) groups excluding carboxylic acids is 1. The minimum atomic E-state index is -0.473. The zero-order valence-electron chi connectivity index (χ0n) is 12.4. The van der Waals surface area contributed by atoms with Crippen LogP contribution in [0.5, 0.6) is 0 Å². The fourth-order valence-corrected chi connectivity index (χ4v) is 1.66. The van der Waals surface area contributed by atoms with Gasteiger partial charge in [0.15, 0.2) is 0 Å². The summed E-state index contributed by atoms with van der Waals surface area (Å²) < 4.78 is 5.47. The van der Waals surface area contributed by atoms with Crippen LogP contribution >= 0.6 is 0 Å². The predicted octanol–water partition coefficient (Wildman–Crippen LogP) is 3.25. The summed E-state index contributed by atoms with van der Waals surface area (Å²) >= 11 is 0. The second kappa shape index (κ2) is 6.55. The summed E-state index contributed by atoms with van der Waals surface area (Å²) in [7, 11) is 0. The molecule has 4 nitrogen and oxygen atoms in total. The lowest BCUT2D eigenvalue weighted by Crippen LogP contribution is -2.40. The fourth-order valence-electron chi connectivity index (χ4n) is 1.66. The molecule has 1 aromatic heterocycles. The third-order valence-electron chi connectivity index (χ3n) is 2.86. The van der Waals surface area contributed by atoms with Gasteiger partial charge >= 0.3 is 5.97 Å². The SMILES string of the molecule is CCC(C)[C@@H](Nc1cccnc1)C(=O)OC(C)(C)C. The quantitative estimate of drug-likeness (QED) is 0.829. The molecule has 2 atom stereocenters. The summed E-state index contributed by atoms with van der Waals surface area (Å²) in [6.07, 6.45) is 4.31. The van der Waals surface area contributed by atoms with Gasteiger partial charge in [-0.2, -0.15) is 0 Å². The molecule has 0 aliphatic heterocycles. The van der Waals surface area contributed by atoms with E-state index in [4.69, 9.17) is 4.74 Å². The van der Waals surface area contributed by atoms with Gasteiger partial charge in [-0.15, -0.1) is 0 Å². The van der Waals surface area contributed by atoms with Crippen LogP contribution in [-0.2, 0) is 9.53 Å². The first-order valence-corrected chi connectivity index (χ1v) is 6.73. The monoisotopic (exact) mass is 264 g/mol. The van der Waals surface area contributed by atoms with Crippen LogP contribution < -0.4 is 5.32 Å². The average Bonchev–Trinajstić information content (AvgIpc) is 2.34. The van der Waals surface area contributed by atoms with Gasteiger partial charge < -0.3 is 10.1 Å². The molecule has 0 saturated carbocycles. The number of ether oxygens (including phenoxy) is 1. The third-order valence-corrected chi connectivity index (χ3v) is 2.86. The number of hydrogen-bond acceptors (Lipinski definition) is 4. The Labute approximate surface area is 115 Å². The molecule has 0 aliphatic rings. The van der Waals surface area contributed by atoms with Crippen molar-refractivity contribution < 1.29 is 9.53 Å². The van der Waals surface area contributed by atoms with Crippen LogP contribution in [0.25, 0.3) is 0 Å². The number of rotatable bonds is 5. The summed E-state index contributed by atoms with van der Waals surface area (Å²) in [5.41, 5.74) is 0.359. The lowest BCUT2D eigenvalue weighted by Gasteiger charge is -2.28. The van der Waals surface area contributed by atoms with E-state index < -0.39 is 5.60 Å². The molecule has 0 amide bonds. The molecule has 0 fully saturated rings. The number of hydrogen-bond donors (Lipinski definition) is 1. The summed E-state index contributed by atoms with van der Waals surface area (Å²) in [6, 6.07) is 3.38. The highest BCUT2D eigenvalue weighted by molar-refractivity contribution is 5.80. The van der Waals surface area contributed by atoms with E-state index in [0.29, 0.717) is 0 Å². The van der Waals surface area contributed by atoms with Gasteiger partial charge in [0.25, 0.3) is 0 Å². The smallest absolute Gasteiger partial charge is 0.329 e. The third kappa shape index (κ3) is 5.28. The molecule has 1 aromatic rings. The van der Waals surface area contributed by atoms with E-state index >= 15 is 0 Å². The van der Waals surface area contributed by atoms with Gasteiger partial charge in [-0.3, -0.25) is 4.98 Å². The maximum absolute atomic E-state index is 12.3. The molecule has 0 radical (unpaired) electrons. The Morgan fingerprint density at radius 3 is 2.63 bits per heavy atom. The van der Waals surface area contributed by atoms with E-state index in [-0.39, 0.29) is 17.9 Å². The Bertz CT molecular complexity index is 398. The lowest BCUT2D eigenvalue weighted by molar-refractivity contribution is -0.157. The van der Waals surface area contributed by atoms with E-state index in [1.165, 1.54) is 0 Å². The van der Waals surface area contributed by atoms with Crippen molar-refractivity contribution in [1.29, 1.82) is 0 Å². The normalized spacial score (nSPS) is 14.6. The predicted molar refractivity (Wildman–Crippen MR) is 76.9 cm³/mol. The molecule has 0 spiro atoms. The number of anilines is 1. The summed E-state index contributed by atoms with van der Waals surface area (Å²) in [5.74, 6) is -0.0271. The van der Waals surface area contributed by atoms with E-state index in [1.807, 2.05) is 39.8 Å². The Morgan fingerprint density at radius 2 is 2.16 bits per heavy atom. The Balaban J connectivity index is 2.81. The van der Waals surface area contributed by atoms with Crippen LogP contribution in [-0.4, -0.2) is 22.6 Å². The van der Waals surface area contributed by atoms with Gasteiger partial charge in [-0.05, 0) is 38.8 Å². The highest BCUT2D eigenvalue weighted by Crippen LogP contribution is 2.18. The van der Waals surface area contributed by atoms with Crippen molar-refractivity contribution in [3.8, 4) is 0 Å². The number of aromatic nitrogens is 1. The number of nitrogens with one attached hydrogen (secondary N) is 1. The van der Waals surface area contributed by atoms with Crippen molar-refractivity contribution >= 4 is 11.7 Å².